The Labute approximate surface area is 202 Å². The first-order valence-corrected chi connectivity index (χ1v) is 11.7. The Balaban J connectivity index is 2.98. The molecular weight excluding hydrogens is 458 g/mol. The zero-order chi connectivity index (χ0) is 26.1. The van der Waals surface area contributed by atoms with E-state index in [0.29, 0.717) is 51.6 Å². The number of hydrogen-bond donors (Lipinski definition) is 0. The third-order valence-electron chi connectivity index (χ3n) is 5.21. The highest BCUT2D eigenvalue weighted by Gasteiger charge is 2.16. The number of esters is 1. The maximum Gasteiger partial charge on any atom is 0.336 e. The molecule has 192 valence electrons. The lowest BCUT2D eigenvalue weighted by atomic mass is 10.2. The van der Waals surface area contributed by atoms with E-state index in [4.69, 9.17) is 4.74 Å². The minimum absolute atomic E-state index is 0.129. The quantitative estimate of drug-likeness (QED) is 0.0980. The van der Waals surface area contributed by atoms with Gasteiger partial charge in [-0.3, -0.25) is 0 Å². The maximum atomic E-state index is 12.9. The Kier molecular flexibility index (Phi) is 14.2. The molecule has 1 aromatic rings. The summed E-state index contributed by atoms with van der Waals surface area (Å²) in [4.78, 5) is 77.5. The van der Waals surface area contributed by atoms with Gasteiger partial charge < -0.3 is 4.74 Å². The van der Waals surface area contributed by atoms with Crippen molar-refractivity contribution in [3.05, 3.63) is 43.6 Å². The summed E-state index contributed by atoms with van der Waals surface area (Å²) in [6.07, 6.45) is 8.34. The van der Waals surface area contributed by atoms with E-state index in [2.05, 4.69) is 16.6 Å². The molecule has 0 fully saturated rings. The molecule has 35 heavy (non-hydrogen) atoms. The van der Waals surface area contributed by atoms with Gasteiger partial charge in [0.15, 0.2) is 0 Å². The van der Waals surface area contributed by atoms with Crippen LogP contribution in [0, 0.1) is 0 Å². The summed E-state index contributed by atoms with van der Waals surface area (Å²) in [5.74, 6) is -0.635. The third kappa shape index (κ3) is 10.5. The first-order chi connectivity index (χ1) is 16.8. The second-order valence-electron chi connectivity index (χ2n) is 7.99. The van der Waals surface area contributed by atoms with Crippen LogP contribution in [0.15, 0.2) is 36.5 Å². The van der Waals surface area contributed by atoms with E-state index < -0.39 is 23.0 Å². The summed E-state index contributed by atoms with van der Waals surface area (Å²) in [5, 5.41) is 0. The Hall–Kier alpha value is -3.62. The van der Waals surface area contributed by atoms with Crippen LogP contribution in [0.1, 0.15) is 58.3 Å². The summed E-state index contributed by atoms with van der Waals surface area (Å²) in [6, 6.07) is 0. The highest BCUT2D eigenvalue weighted by molar-refractivity contribution is 5.86. The third-order valence-corrected chi connectivity index (χ3v) is 5.21. The van der Waals surface area contributed by atoms with Gasteiger partial charge in [-0.1, -0.05) is 32.3 Å². The molecule has 0 aromatic carbocycles. The number of isocyanates is 2. The highest BCUT2D eigenvalue weighted by Crippen LogP contribution is 2.02. The second-order valence-corrected chi connectivity index (χ2v) is 7.99. The van der Waals surface area contributed by atoms with Crippen LogP contribution in [0.25, 0.3) is 0 Å². The van der Waals surface area contributed by atoms with E-state index in [0.717, 1.165) is 26.5 Å². The number of aromatic nitrogens is 3. The molecule has 0 saturated carbocycles. The standard InChI is InChI=1S/C23H33N5O7/c1-19(2)20(31)35-16-15-28-22(33)26(13-9-5-3-7-11-24-17-29)21(32)27(23(28)34)14-10-6-4-8-12-25-18-30/h1,3-16H2,2H3. The van der Waals surface area contributed by atoms with Crippen molar-refractivity contribution >= 4 is 18.1 Å². The van der Waals surface area contributed by atoms with Gasteiger partial charge in [0.2, 0.25) is 12.2 Å². The fraction of sp³-hybridized carbons (Fsp3) is 0.652. The highest BCUT2D eigenvalue weighted by atomic mass is 16.5. The van der Waals surface area contributed by atoms with Gasteiger partial charge in [-0.2, -0.15) is 0 Å². The largest absolute Gasteiger partial charge is 0.460 e. The number of unbranched alkanes of at least 4 members (excludes halogenated alkanes) is 6. The monoisotopic (exact) mass is 491 g/mol. The van der Waals surface area contributed by atoms with Crippen molar-refractivity contribution in [3.8, 4) is 0 Å². The molecule has 12 nitrogen and oxygen atoms in total. The number of carbonyl (C=O) groups is 1. The fourth-order valence-electron chi connectivity index (χ4n) is 3.33. The summed E-state index contributed by atoms with van der Waals surface area (Å²) in [6.45, 7) is 5.58. The van der Waals surface area contributed by atoms with Crippen LogP contribution in [0.2, 0.25) is 0 Å². The van der Waals surface area contributed by atoms with E-state index in [1.807, 2.05) is 0 Å². The molecular formula is C23H33N5O7. The average molecular weight is 492 g/mol. The summed E-state index contributed by atoms with van der Waals surface area (Å²) in [5.41, 5.74) is -1.98. The predicted octanol–water partition coefficient (Wildman–Crippen LogP) is 1.08. The lowest BCUT2D eigenvalue weighted by molar-refractivity contribution is -0.139. The number of carbonyl (C=O) groups excluding carboxylic acids is 3. The minimum Gasteiger partial charge on any atom is -0.460 e. The molecule has 0 atom stereocenters. The van der Waals surface area contributed by atoms with Crippen molar-refractivity contribution in [2.45, 2.75) is 77.9 Å². The Morgan fingerprint density at radius 3 is 1.54 bits per heavy atom. The molecule has 1 aromatic heterocycles. The molecule has 0 saturated heterocycles. The normalized spacial score (nSPS) is 10.3. The molecule has 0 unspecified atom stereocenters. The SMILES string of the molecule is C=C(C)C(=O)OCCn1c(=O)n(CCCCCCN=C=O)c(=O)n(CCCCCCN=C=O)c1=O. The van der Waals surface area contributed by atoms with Crippen molar-refractivity contribution in [3.63, 3.8) is 0 Å². The second kappa shape index (κ2) is 16.9. The van der Waals surface area contributed by atoms with Gasteiger partial charge in [0.1, 0.15) is 6.61 Å². The molecule has 0 bridgehead atoms. The van der Waals surface area contributed by atoms with Crippen LogP contribution in [0.3, 0.4) is 0 Å². The van der Waals surface area contributed by atoms with E-state index >= 15 is 0 Å². The van der Waals surface area contributed by atoms with Gasteiger partial charge >= 0.3 is 23.0 Å². The van der Waals surface area contributed by atoms with Gasteiger partial charge in [-0.15, -0.1) is 0 Å². The van der Waals surface area contributed by atoms with Crippen LogP contribution in [0.4, 0.5) is 0 Å². The lowest BCUT2D eigenvalue weighted by Crippen LogP contribution is -2.55. The summed E-state index contributed by atoms with van der Waals surface area (Å²) >= 11 is 0. The zero-order valence-corrected chi connectivity index (χ0v) is 20.2. The van der Waals surface area contributed by atoms with E-state index in [9.17, 15) is 28.8 Å². The van der Waals surface area contributed by atoms with Gasteiger partial charge in [-0.25, -0.2) is 52.5 Å². The topological polar surface area (TPSA) is 151 Å². The van der Waals surface area contributed by atoms with Gasteiger partial charge in [0, 0.05) is 18.7 Å². The molecule has 0 radical (unpaired) electrons. The number of nitrogens with zero attached hydrogens (tertiary/aromatic N) is 5. The zero-order valence-electron chi connectivity index (χ0n) is 20.2. The van der Waals surface area contributed by atoms with Crippen LogP contribution in [-0.2, 0) is 38.8 Å². The van der Waals surface area contributed by atoms with Gasteiger partial charge in [0.05, 0.1) is 19.6 Å². The number of aliphatic imine (C=N–C) groups is 2. The van der Waals surface area contributed by atoms with Crippen LogP contribution in [-0.4, -0.2) is 51.5 Å². The molecule has 0 aliphatic carbocycles. The van der Waals surface area contributed by atoms with Crippen molar-refractivity contribution in [1.82, 2.24) is 13.7 Å². The molecule has 1 rings (SSSR count). The van der Waals surface area contributed by atoms with E-state index in [-0.39, 0.29) is 31.8 Å². The first kappa shape index (κ1) is 29.4. The maximum absolute atomic E-state index is 12.9. The summed E-state index contributed by atoms with van der Waals surface area (Å²) in [7, 11) is 0. The number of rotatable bonds is 18. The Bertz CT molecular complexity index is 1050. The van der Waals surface area contributed by atoms with Crippen molar-refractivity contribution < 1.29 is 19.1 Å². The fourth-order valence-corrected chi connectivity index (χ4v) is 3.33. The number of ether oxygens (including phenoxy) is 1. The van der Waals surface area contributed by atoms with E-state index in [1.54, 1.807) is 0 Å². The molecule has 1 heterocycles. The van der Waals surface area contributed by atoms with Crippen LogP contribution < -0.4 is 17.1 Å². The molecule has 0 aliphatic rings. The molecule has 0 N–H and O–H groups in total. The van der Waals surface area contributed by atoms with E-state index in [1.165, 1.54) is 19.1 Å². The molecule has 0 aliphatic heterocycles. The molecule has 0 amide bonds. The first-order valence-electron chi connectivity index (χ1n) is 11.7. The lowest BCUT2D eigenvalue weighted by Gasteiger charge is -2.14. The summed E-state index contributed by atoms with van der Waals surface area (Å²) < 4.78 is 7.98. The Morgan fingerprint density at radius 1 is 0.743 bits per heavy atom. The minimum atomic E-state index is -0.750. The van der Waals surface area contributed by atoms with Gasteiger partial charge in [-0.05, 0) is 32.6 Å². The van der Waals surface area contributed by atoms with Crippen LogP contribution in [0.5, 0.6) is 0 Å². The Morgan fingerprint density at radius 2 is 1.14 bits per heavy atom. The van der Waals surface area contributed by atoms with Crippen molar-refractivity contribution in [2.75, 3.05) is 19.7 Å². The smallest absolute Gasteiger partial charge is 0.336 e. The molecule has 12 heteroatoms. The molecule has 0 spiro atoms. The van der Waals surface area contributed by atoms with Gasteiger partial charge in [0.25, 0.3) is 0 Å². The van der Waals surface area contributed by atoms with Crippen molar-refractivity contribution in [2.24, 2.45) is 9.98 Å². The number of hydrogen-bond acceptors (Lipinski definition) is 9. The average Bonchev–Trinajstić information content (AvgIpc) is 2.83. The van der Waals surface area contributed by atoms with Crippen molar-refractivity contribution in [1.29, 1.82) is 0 Å². The van der Waals surface area contributed by atoms with Crippen LogP contribution >= 0.6 is 0 Å². The predicted molar refractivity (Wildman–Crippen MR) is 128 cm³/mol.